The van der Waals surface area contributed by atoms with Crippen LogP contribution in [0, 0.1) is 11.5 Å². The van der Waals surface area contributed by atoms with Crippen molar-refractivity contribution in [1.29, 1.82) is 5.26 Å². The molecule has 18 heavy (non-hydrogen) atoms. The largest absolute Gasteiger partial charge is 0.328 e. The smallest absolute Gasteiger partial charge is 0.207 e. The molecule has 0 saturated heterocycles. The van der Waals surface area contributed by atoms with Crippen molar-refractivity contribution in [3.8, 4) is 6.19 Å². The van der Waals surface area contributed by atoms with Gasteiger partial charge in [0.05, 0.1) is 6.54 Å². The van der Waals surface area contributed by atoms with Crippen LogP contribution in [0.4, 0.5) is 0 Å². The minimum atomic E-state index is 0.472. The molecule has 1 heterocycles. The van der Waals surface area contributed by atoms with E-state index in [4.69, 9.17) is 28.5 Å². The minimum absolute atomic E-state index is 0.472. The number of pyridine rings is 1. The van der Waals surface area contributed by atoms with Gasteiger partial charge < -0.3 is 4.57 Å². The average Bonchev–Trinajstić information content (AvgIpc) is 2.36. The zero-order chi connectivity index (χ0) is 13.0. The first-order valence-electron chi connectivity index (χ1n) is 5.23. The first kappa shape index (κ1) is 12.7. The van der Waals surface area contributed by atoms with Crippen LogP contribution in [0.3, 0.4) is 0 Å². The first-order chi connectivity index (χ1) is 8.72. The Bertz CT molecular complexity index is 648. The number of hydrogen-bond acceptors (Lipinski definition) is 2. The van der Waals surface area contributed by atoms with E-state index in [1.165, 1.54) is 0 Å². The second kappa shape index (κ2) is 5.72. The van der Waals surface area contributed by atoms with Crippen LogP contribution < -0.4 is 5.49 Å². The molecule has 1 aromatic carbocycles. The summed E-state index contributed by atoms with van der Waals surface area (Å²) in [4.78, 5) is 3.74. The van der Waals surface area contributed by atoms with Gasteiger partial charge in [0, 0.05) is 21.8 Å². The van der Waals surface area contributed by atoms with E-state index in [9.17, 15) is 0 Å². The van der Waals surface area contributed by atoms with Crippen LogP contribution in [-0.2, 0) is 6.54 Å². The van der Waals surface area contributed by atoms with Gasteiger partial charge in [-0.3, -0.25) is 0 Å². The lowest BCUT2D eigenvalue weighted by Crippen LogP contribution is -2.20. The van der Waals surface area contributed by atoms with Gasteiger partial charge in [0.2, 0.25) is 6.19 Å². The topological polar surface area (TPSA) is 41.1 Å². The van der Waals surface area contributed by atoms with Crippen LogP contribution in [-0.4, -0.2) is 4.57 Å². The summed E-state index contributed by atoms with van der Waals surface area (Å²) in [5, 5.41) is 9.83. The molecular formula is C13H9Cl2N3. The molecule has 3 nitrogen and oxygen atoms in total. The van der Waals surface area contributed by atoms with Gasteiger partial charge in [-0.25, -0.2) is 0 Å². The van der Waals surface area contributed by atoms with Gasteiger partial charge in [0.1, 0.15) is 5.49 Å². The van der Waals surface area contributed by atoms with E-state index in [2.05, 4.69) is 4.99 Å². The highest BCUT2D eigenvalue weighted by molar-refractivity contribution is 6.35. The van der Waals surface area contributed by atoms with Crippen LogP contribution in [0.15, 0.2) is 47.6 Å². The molecule has 0 atom stereocenters. The maximum Gasteiger partial charge on any atom is 0.207 e. The number of hydrogen-bond donors (Lipinski definition) is 0. The molecule has 2 aromatic rings. The zero-order valence-electron chi connectivity index (χ0n) is 9.35. The van der Waals surface area contributed by atoms with Crippen molar-refractivity contribution >= 4 is 23.2 Å². The van der Waals surface area contributed by atoms with Crippen LogP contribution in [0.25, 0.3) is 0 Å². The third-order valence-corrected chi connectivity index (χ3v) is 3.18. The molecule has 0 aliphatic rings. The average molecular weight is 278 g/mol. The number of rotatable bonds is 2. The Hall–Kier alpha value is -1.76. The fourth-order valence-corrected chi connectivity index (χ4v) is 2.12. The maximum atomic E-state index is 8.64. The minimum Gasteiger partial charge on any atom is -0.328 e. The van der Waals surface area contributed by atoms with Gasteiger partial charge in [-0.1, -0.05) is 35.3 Å². The van der Waals surface area contributed by atoms with Crippen LogP contribution in [0.1, 0.15) is 5.56 Å². The molecule has 0 fully saturated rings. The van der Waals surface area contributed by atoms with Crippen molar-refractivity contribution in [3.05, 3.63) is 63.7 Å². The van der Waals surface area contributed by atoms with Gasteiger partial charge in [-0.2, -0.15) is 10.3 Å². The van der Waals surface area contributed by atoms with Gasteiger partial charge in [0.25, 0.3) is 0 Å². The Labute approximate surface area is 115 Å². The molecule has 0 N–H and O–H groups in total. The molecule has 0 bridgehead atoms. The van der Waals surface area contributed by atoms with E-state index < -0.39 is 0 Å². The Morgan fingerprint density at radius 2 is 1.83 bits per heavy atom. The summed E-state index contributed by atoms with van der Waals surface area (Å²) < 4.78 is 1.82. The van der Waals surface area contributed by atoms with E-state index in [1.54, 1.807) is 30.5 Å². The van der Waals surface area contributed by atoms with Crippen molar-refractivity contribution in [2.45, 2.75) is 6.54 Å². The molecule has 0 spiro atoms. The van der Waals surface area contributed by atoms with Crippen molar-refractivity contribution in [2.75, 3.05) is 0 Å². The van der Waals surface area contributed by atoms with Gasteiger partial charge in [-0.15, -0.1) is 0 Å². The quantitative estimate of drug-likeness (QED) is 0.777. The SMILES string of the molecule is N#CN=c1ccccn1Cc1c(Cl)cccc1Cl. The molecule has 90 valence electrons. The summed E-state index contributed by atoms with van der Waals surface area (Å²) in [6.07, 6.45) is 3.61. The second-order valence-corrected chi connectivity index (χ2v) is 4.41. The van der Waals surface area contributed by atoms with Crippen molar-refractivity contribution in [3.63, 3.8) is 0 Å². The number of nitriles is 1. The summed E-state index contributed by atoms with van der Waals surface area (Å²) in [7, 11) is 0. The van der Waals surface area contributed by atoms with Gasteiger partial charge >= 0.3 is 0 Å². The third kappa shape index (κ3) is 2.73. The zero-order valence-corrected chi connectivity index (χ0v) is 10.9. The van der Waals surface area contributed by atoms with E-state index in [1.807, 2.05) is 22.9 Å². The molecule has 0 unspecified atom stereocenters. The first-order valence-corrected chi connectivity index (χ1v) is 5.99. The summed E-state index contributed by atoms with van der Waals surface area (Å²) >= 11 is 12.2. The lowest BCUT2D eigenvalue weighted by Gasteiger charge is -2.10. The lowest BCUT2D eigenvalue weighted by atomic mass is 10.2. The van der Waals surface area contributed by atoms with Crippen LogP contribution >= 0.6 is 23.2 Å². The molecule has 0 saturated carbocycles. The van der Waals surface area contributed by atoms with E-state index in [0.717, 1.165) is 5.56 Å². The molecule has 5 heteroatoms. The van der Waals surface area contributed by atoms with E-state index >= 15 is 0 Å². The van der Waals surface area contributed by atoms with Gasteiger partial charge in [0.15, 0.2) is 0 Å². The molecular weight excluding hydrogens is 269 g/mol. The van der Waals surface area contributed by atoms with Crippen molar-refractivity contribution in [2.24, 2.45) is 4.99 Å². The highest BCUT2D eigenvalue weighted by Crippen LogP contribution is 2.24. The standard InChI is InChI=1S/C13H9Cl2N3/c14-11-4-3-5-12(15)10(11)8-18-7-2-1-6-13(18)17-9-16/h1-7H,8H2. The molecule has 2 rings (SSSR count). The van der Waals surface area contributed by atoms with Crippen molar-refractivity contribution in [1.82, 2.24) is 4.57 Å². The number of benzene rings is 1. The number of nitrogens with zero attached hydrogens (tertiary/aromatic N) is 3. The Balaban J connectivity index is 2.48. The Morgan fingerprint density at radius 1 is 1.11 bits per heavy atom. The molecule has 0 radical (unpaired) electrons. The summed E-state index contributed by atoms with van der Waals surface area (Å²) in [5.41, 5.74) is 1.38. The fraction of sp³-hybridized carbons (Fsp3) is 0.0769. The predicted octanol–water partition coefficient (Wildman–Crippen LogP) is 3.22. The highest BCUT2D eigenvalue weighted by Gasteiger charge is 2.06. The summed E-state index contributed by atoms with van der Waals surface area (Å²) in [5.74, 6) is 0. The van der Waals surface area contributed by atoms with Crippen LogP contribution in [0.5, 0.6) is 0 Å². The lowest BCUT2D eigenvalue weighted by molar-refractivity contribution is 0.744. The molecule has 0 amide bonds. The van der Waals surface area contributed by atoms with Crippen LogP contribution in [0.2, 0.25) is 10.0 Å². The van der Waals surface area contributed by atoms with Crippen molar-refractivity contribution < 1.29 is 0 Å². The molecule has 1 aromatic heterocycles. The molecule has 0 aliphatic heterocycles. The summed E-state index contributed by atoms with van der Waals surface area (Å²) in [6.45, 7) is 0.472. The monoisotopic (exact) mass is 277 g/mol. The predicted molar refractivity (Wildman–Crippen MR) is 71.2 cm³/mol. The Kier molecular flexibility index (Phi) is 4.03. The molecule has 0 aliphatic carbocycles. The fourth-order valence-electron chi connectivity index (χ4n) is 1.61. The highest BCUT2D eigenvalue weighted by atomic mass is 35.5. The summed E-state index contributed by atoms with van der Waals surface area (Å²) in [6, 6.07) is 10.8. The van der Waals surface area contributed by atoms with Gasteiger partial charge in [-0.05, 0) is 24.3 Å². The second-order valence-electron chi connectivity index (χ2n) is 3.60. The van der Waals surface area contributed by atoms with E-state index in [-0.39, 0.29) is 0 Å². The maximum absolute atomic E-state index is 8.64. The normalized spacial score (nSPS) is 11.3. The van der Waals surface area contributed by atoms with E-state index in [0.29, 0.717) is 22.1 Å². The third-order valence-electron chi connectivity index (χ3n) is 2.47. The number of halogens is 2. The Morgan fingerprint density at radius 3 is 2.50 bits per heavy atom. The number of aromatic nitrogens is 1.